The van der Waals surface area contributed by atoms with Crippen LogP contribution in [0.15, 0.2) is 0 Å². The van der Waals surface area contributed by atoms with Crippen LogP contribution in [0.5, 0.6) is 0 Å². The summed E-state index contributed by atoms with van der Waals surface area (Å²) < 4.78 is 0. The summed E-state index contributed by atoms with van der Waals surface area (Å²) in [5, 5.41) is 15.3. The van der Waals surface area contributed by atoms with Crippen molar-refractivity contribution in [3.63, 3.8) is 0 Å². The molecule has 0 aromatic carbocycles. The van der Waals surface area contributed by atoms with Crippen LogP contribution in [0.1, 0.15) is 23.5 Å². The summed E-state index contributed by atoms with van der Waals surface area (Å²) in [6.07, 6.45) is 0.475. The topological polar surface area (TPSA) is 91.3 Å². The summed E-state index contributed by atoms with van der Waals surface area (Å²) in [5.74, 6) is -0.860. The molecule has 0 aliphatic carbocycles. The third kappa shape index (κ3) is 4.81. The summed E-state index contributed by atoms with van der Waals surface area (Å²) in [5.41, 5.74) is 0.785. The van der Waals surface area contributed by atoms with Gasteiger partial charge in [-0.15, -0.1) is 11.3 Å². The molecule has 0 radical (unpaired) electrons. The molecule has 17 heavy (non-hydrogen) atoms. The maximum Gasteiger partial charge on any atom is 0.319 e. The number of carboxylic acids is 1. The fraction of sp³-hybridized carbons (Fsp3) is 0.500. The van der Waals surface area contributed by atoms with Gasteiger partial charge in [0.1, 0.15) is 5.00 Å². The van der Waals surface area contributed by atoms with Gasteiger partial charge in [-0.25, -0.2) is 9.78 Å². The highest BCUT2D eigenvalue weighted by Gasteiger charge is 2.08. The molecule has 94 valence electrons. The number of amides is 2. The number of carboxylic acid groups (broad SMARTS) is 1. The van der Waals surface area contributed by atoms with E-state index >= 15 is 0 Å². The molecular formula is C10H15N3O3S. The van der Waals surface area contributed by atoms with E-state index in [9.17, 15) is 9.59 Å². The monoisotopic (exact) mass is 257 g/mol. The van der Waals surface area contributed by atoms with Gasteiger partial charge in [-0.1, -0.05) is 0 Å². The lowest BCUT2D eigenvalue weighted by atomic mass is 10.3. The van der Waals surface area contributed by atoms with Crippen LogP contribution in [0.25, 0.3) is 0 Å². The number of anilines is 1. The first-order valence-corrected chi connectivity index (χ1v) is 6.01. The summed E-state index contributed by atoms with van der Waals surface area (Å²) in [6.45, 7) is 4.03. The number of rotatable bonds is 5. The predicted octanol–water partition coefficient (Wildman–Crippen LogP) is 1.75. The average molecular weight is 257 g/mol. The molecule has 1 aromatic heterocycles. The number of hydrogen-bond acceptors (Lipinski definition) is 4. The van der Waals surface area contributed by atoms with E-state index in [2.05, 4.69) is 15.6 Å². The first-order chi connectivity index (χ1) is 7.99. The van der Waals surface area contributed by atoms with E-state index in [0.717, 1.165) is 15.7 Å². The van der Waals surface area contributed by atoms with Gasteiger partial charge in [0.25, 0.3) is 0 Å². The Kier molecular flexibility index (Phi) is 4.89. The van der Waals surface area contributed by atoms with Crippen molar-refractivity contribution >= 4 is 28.3 Å². The molecule has 6 nitrogen and oxygen atoms in total. The van der Waals surface area contributed by atoms with Crippen molar-refractivity contribution in [2.75, 3.05) is 11.9 Å². The van der Waals surface area contributed by atoms with E-state index in [-0.39, 0.29) is 12.5 Å². The number of aliphatic carboxylic acids is 1. The highest BCUT2D eigenvalue weighted by atomic mass is 32.1. The Morgan fingerprint density at radius 3 is 2.65 bits per heavy atom. The van der Waals surface area contributed by atoms with Crippen LogP contribution in [0.3, 0.4) is 0 Å². The van der Waals surface area contributed by atoms with Crippen molar-refractivity contribution in [3.8, 4) is 0 Å². The van der Waals surface area contributed by atoms with Crippen LogP contribution in [0.4, 0.5) is 9.80 Å². The van der Waals surface area contributed by atoms with Gasteiger partial charge < -0.3 is 10.4 Å². The molecular weight excluding hydrogens is 242 g/mol. The summed E-state index contributed by atoms with van der Waals surface area (Å²) in [7, 11) is 0. The molecule has 2 amide bonds. The van der Waals surface area contributed by atoms with Gasteiger partial charge in [-0.05, 0) is 20.3 Å². The molecule has 1 aromatic rings. The number of thiazole rings is 1. The van der Waals surface area contributed by atoms with E-state index < -0.39 is 5.97 Å². The quantitative estimate of drug-likeness (QED) is 0.701. The lowest BCUT2D eigenvalue weighted by molar-refractivity contribution is -0.137. The lowest BCUT2D eigenvalue weighted by Crippen LogP contribution is -2.29. The van der Waals surface area contributed by atoms with Crippen LogP contribution in [-0.2, 0) is 4.79 Å². The number of hydrogen-bond donors (Lipinski definition) is 3. The average Bonchev–Trinajstić information content (AvgIpc) is 2.52. The number of nitrogens with zero attached hydrogens (tertiary/aromatic N) is 1. The van der Waals surface area contributed by atoms with Crippen molar-refractivity contribution in [2.24, 2.45) is 0 Å². The van der Waals surface area contributed by atoms with Crippen molar-refractivity contribution in [1.82, 2.24) is 10.3 Å². The van der Waals surface area contributed by atoms with Gasteiger partial charge in [0, 0.05) is 13.0 Å². The molecule has 0 fully saturated rings. The minimum absolute atomic E-state index is 0.0545. The third-order valence-corrected chi connectivity index (χ3v) is 2.97. The molecule has 3 N–H and O–H groups in total. The molecule has 7 heteroatoms. The Bertz CT molecular complexity index is 417. The van der Waals surface area contributed by atoms with E-state index in [4.69, 9.17) is 5.11 Å². The van der Waals surface area contributed by atoms with Gasteiger partial charge in [0.15, 0.2) is 0 Å². The molecule has 0 saturated carbocycles. The first kappa shape index (κ1) is 13.4. The first-order valence-electron chi connectivity index (χ1n) is 5.19. The Balaban J connectivity index is 2.30. The number of carbonyl (C=O) groups is 2. The van der Waals surface area contributed by atoms with E-state index in [1.165, 1.54) is 11.3 Å². The number of aryl methyl sites for hydroxylation is 2. The van der Waals surface area contributed by atoms with Crippen LogP contribution in [-0.4, -0.2) is 28.6 Å². The van der Waals surface area contributed by atoms with E-state index in [1.807, 2.05) is 13.8 Å². The normalized spacial score (nSPS) is 10.0. The van der Waals surface area contributed by atoms with Crippen LogP contribution in [0, 0.1) is 13.8 Å². The Morgan fingerprint density at radius 1 is 1.41 bits per heavy atom. The van der Waals surface area contributed by atoms with Gasteiger partial charge in [0.05, 0.1) is 10.7 Å². The number of nitrogens with one attached hydrogen (secondary N) is 2. The smallest absolute Gasteiger partial charge is 0.319 e. The summed E-state index contributed by atoms with van der Waals surface area (Å²) in [4.78, 5) is 25.9. The van der Waals surface area contributed by atoms with Crippen molar-refractivity contribution in [1.29, 1.82) is 0 Å². The van der Waals surface area contributed by atoms with Crippen molar-refractivity contribution in [2.45, 2.75) is 26.7 Å². The molecule has 0 aliphatic rings. The standard InChI is InChI=1S/C10H15N3O3S/c1-6-9(17-7(2)12-6)13-10(16)11-5-3-4-8(14)15/h3-5H2,1-2H3,(H,14,15)(H2,11,13,16). The number of aromatic nitrogens is 1. The van der Waals surface area contributed by atoms with Crippen LogP contribution in [0.2, 0.25) is 0 Å². The Labute approximate surface area is 103 Å². The van der Waals surface area contributed by atoms with E-state index in [0.29, 0.717) is 13.0 Å². The molecule has 0 unspecified atom stereocenters. The molecule has 0 atom stereocenters. The fourth-order valence-corrected chi connectivity index (χ4v) is 2.05. The molecule has 0 spiro atoms. The van der Waals surface area contributed by atoms with Gasteiger partial charge in [-0.3, -0.25) is 10.1 Å². The van der Waals surface area contributed by atoms with Gasteiger partial charge in [0.2, 0.25) is 0 Å². The molecule has 0 bridgehead atoms. The van der Waals surface area contributed by atoms with E-state index in [1.54, 1.807) is 0 Å². The molecule has 0 saturated heterocycles. The minimum Gasteiger partial charge on any atom is -0.481 e. The second kappa shape index (κ2) is 6.19. The molecule has 0 aliphatic heterocycles. The molecule has 1 rings (SSSR count). The zero-order valence-electron chi connectivity index (χ0n) is 9.74. The summed E-state index contributed by atoms with van der Waals surface area (Å²) in [6, 6.07) is -0.331. The second-order valence-corrected chi connectivity index (χ2v) is 4.73. The highest BCUT2D eigenvalue weighted by molar-refractivity contribution is 7.16. The SMILES string of the molecule is Cc1nc(C)c(NC(=O)NCCCC(=O)O)s1. The largest absolute Gasteiger partial charge is 0.481 e. The fourth-order valence-electron chi connectivity index (χ4n) is 1.24. The number of carbonyl (C=O) groups excluding carboxylic acids is 1. The minimum atomic E-state index is -0.860. The summed E-state index contributed by atoms with van der Waals surface area (Å²) >= 11 is 1.41. The van der Waals surface area contributed by atoms with Crippen molar-refractivity contribution < 1.29 is 14.7 Å². The Hall–Kier alpha value is -1.63. The maximum absolute atomic E-state index is 11.4. The van der Waals surface area contributed by atoms with Gasteiger partial charge >= 0.3 is 12.0 Å². The highest BCUT2D eigenvalue weighted by Crippen LogP contribution is 2.22. The molecule has 1 heterocycles. The maximum atomic E-state index is 11.4. The van der Waals surface area contributed by atoms with Crippen molar-refractivity contribution in [3.05, 3.63) is 10.7 Å². The zero-order chi connectivity index (χ0) is 12.8. The van der Waals surface area contributed by atoms with Crippen LogP contribution >= 0.6 is 11.3 Å². The predicted molar refractivity (Wildman–Crippen MR) is 65.5 cm³/mol. The van der Waals surface area contributed by atoms with Gasteiger partial charge in [-0.2, -0.15) is 0 Å². The zero-order valence-corrected chi connectivity index (χ0v) is 10.6. The number of urea groups is 1. The van der Waals surface area contributed by atoms with Crippen LogP contribution < -0.4 is 10.6 Å². The Morgan fingerprint density at radius 2 is 2.12 bits per heavy atom. The lowest BCUT2D eigenvalue weighted by Gasteiger charge is -2.05. The third-order valence-electron chi connectivity index (χ3n) is 1.98. The second-order valence-electron chi connectivity index (χ2n) is 3.53.